The molecule has 0 spiro atoms. The van der Waals surface area contributed by atoms with E-state index in [1.807, 2.05) is 6.92 Å². The number of rotatable bonds is 8. The first-order chi connectivity index (χ1) is 8.57. The van der Waals surface area contributed by atoms with E-state index in [-0.39, 0.29) is 5.60 Å². The number of thiazole rings is 1. The van der Waals surface area contributed by atoms with E-state index >= 15 is 0 Å². The monoisotopic (exact) mass is 270 g/mol. The van der Waals surface area contributed by atoms with Crippen molar-refractivity contribution in [2.45, 2.75) is 59.1 Å². The largest absolute Gasteiger partial charge is 0.368 e. The zero-order valence-corrected chi connectivity index (χ0v) is 13.1. The van der Waals surface area contributed by atoms with Gasteiger partial charge in [-0.1, -0.05) is 13.8 Å². The van der Waals surface area contributed by atoms with Crippen LogP contribution in [0.15, 0.2) is 5.38 Å². The molecule has 104 valence electrons. The molecule has 1 heterocycles. The Bertz CT molecular complexity index is 353. The predicted molar refractivity (Wildman–Crippen MR) is 78.1 cm³/mol. The normalized spacial score (nSPS) is 16.5. The fourth-order valence-corrected chi connectivity index (χ4v) is 2.93. The summed E-state index contributed by atoms with van der Waals surface area (Å²) >= 11 is 1.71. The van der Waals surface area contributed by atoms with Gasteiger partial charge in [0.25, 0.3) is 0 Å². The van der Waals surface area contributed by atoms with E-state index < -0.39 is 0 Å². The smallest absolute Gasteiger partial charge is 0.125 e. The van der Waals surface area contributed by atoms with Gasteiger partial charge < -0.3 is 10.1 Å². The first kappa shape index (κ1) is 15.6. The van der Waals surface area contributed by atoms with Crippen LogP contribution in [0.3, 0.4) is 0 Å². The van der Waals surface area contributed by atoms with E-state index in [0.29, 0.717) is 6.04 Å². The van der Waals surface area contributed by atoms with Crippen LogP contribution in [0.2, 0.25) is 0 Å². The lowest BCUT2D eigenvalue weighted by molar-refractivity contribution is -0.0325. The standard InChI is InChI=1S/C14H26N2OS/c1-6-9-15-11(4)12-10-18-13(16-12)14(5,7-2)17-8-3/h10-11,15H,6-9H2,1-5H3. The van der Waals surface area contributed by atoms with E-state index in [1.165, 1.54) is 0 Å². The minimum Gasteiger partial charge on any atom is -0.368 e. The third-order valence-corrected chi connectivity index (χ3v) is 4.36. The Morgan fingerprint density at radius 3 is 2.72 bits per heavy atom. The lowest BCUT2D eigenvalue weighted by Gasteiger charge is -2.25. The Kier molecular flexibility index (Phi) is 6.26. The van der Waals surface area contributed by atoms with Crippen molar-refractivity contribution in [1.29, 1.82) is 0 Å². The van der Waals surface area contributed by atoms with E-state index in [9.17, 15) is 0 Å². The maximum Gasteiger partial charge on any atom is 0.125 e. The van der Waals surface area contributed by atoms with Gasteiger partial charge in [-0.25, -0.2) is 4.98 Å². The number of ether oxygens (including phenoxy) is 1. The van der Waals surface area contributed by atoms with Crippen molar-refractivity contribution < 1.29 is 4.74 Å². The molecule has 0 fully saturated rings. The fraction of sp³-hybridized carbons (Fsp3) is 0.786. The molecule has 0 amide bonds. The molecule has 0 aliphatic rings. The van der Waals surface area contributed by atoms with Gasteiger partial charge in [-0.05, 0) is 40.2 Å². The van der Waals surface area contributed by atoms with Gasteiger partial charge in [0.1, 0.15) is 10.6 Å². The molecule has 3 nitrogen and oxygen atoms in total. The second-order valence-corrected chi connectivity index (χ2v) is 5.63. The molecule has 18 heavy (non-hydrogen) atoms. The Hall–Kier alpha value is -0.450. The second kappa shape index (κ2) is 7.22. The van der Waals surface area contributed by atoms with Crippen LogP contribution in [0.1, 0.15) is 64.2 Å². The van der Waals surface area contributed by atoms with Crippen LogP contribution in [-0.4, -0.2) is 18.1 Å². The van der Waals surface area contributed by atoms with Gasteiger partial charge in [0, 0.05) is 18.0 Å². The average molecular weight is 270 g/mol. The molecule has 0 aliphatic heterocycles. The highest BCUT2D eigenvalue weighted by Crippen LogP contribution is 2.32. The Morgan fingerprint density at radius 1 is 1.44 bits per heavy atom. The van der Waals surface area contributed by atoms with Crippen LogP contribution in [0.5, 0.6) is 0 Å². The number of nitrogens with zero attached hydrogens (tertiary/aromatic N) is 1. The molecule has 1 N–H and O–H groups in total. The van der Waals surface area contributed by atoms with Crippen molar-refractivity contribution >= 4 is 11.3 Å². The molecule has 0 bridgehead atoms. The predicted octanol–water partition coefficient (Wildman–Crippen LogP) is 3.87. The van der Waals surface area contributed by atoms with E-state index in [2.05, 4.69) is 38.4 Å². The summed E-state index contributed by atoms with van der Waals surface area (Å²) in [6, 6.07) is 0.317. The van der Waals surface area contributed by atoms with Gasteiger partial charge in [-0.15, -0.1) is 11.3 Å². The number of hydrogen-bond donors (Lipinski definition) is 1. The average Bonchev–Trinajstić information content (AvgIpc) is 2.86. The summed E-state index contributed by atoms with van der Waals surface area (Å²) in [5.74, 6) is 0. The minimum atomic E-state index is -0.234. The molecule has 4 heteroatoms. The van der Waals surface area contributed by atoms with Gasteiger partial charge in [0.05, 0.1) is 5.69 Å². The Balaban J connectivity index is 2.78. The molecule has 0 radical (unpaired) electrons. The fourth-order valence-electron chi connectivity index (χ4n) is 1.83. The highest BCUT2D eigenvalue weighted by Gasteiger charge is 2.29. The lowest BCUT2D eigenvalue weighted by Crippen LogP contribution is -2.25. The summed E-state index contributed by atoms with van der Waals surface area (Å²) < 4.78 is 5.87. The summed E-state index contributed by atoms with van der Waals surface area (Å²) in [4.78, 5) is 4.76. The molecule has 1 aromatic rings. The topological polar surface area (TPSA) is 34.1 Å². The quantitative estimate of drug-likeness (QED) is 0.778. The lowest BCUT2D eigenvalue weighted by atomic mass is 10.0. The number of hydrogen-bond acceptors (Lipinski definition) is 4. The molecule has 0 aliphatic carbocycles. The Morgan fingerprint density at radius 2 is 2.17 bits per heavy atom. The van der Waals surface area contributed by atoms with Crippen LogP contribution >= 0.6 is 11.3 Å². The number of aromatic nitrogens is 1. The van der Waals surface area contributed by atoms with Gasteiger partial charge in [-0.3, -0.25) is 0 Å². The molecule has 2 atom stereocenters. The summed E-state index contributed by atoms with van der Waals surface area (Å²) in [6.07, 6.45) is 2.09. The van der Waals surface area contributed by atoms with E-state index in [1.54, 1.807) is 11.3 Å². The maximum atomic E-state index is 5.87. The van der Waals surface area contributed by atoms with Gasteiger partial charge in [-0.2, -0.15) is 0 Å². The van der Waals surface area contributed by atoms with Crippen molar-refractivity contribution in [2.75, 3.05) is 13.2 Å². The molecule has 0 saturated heterocycles. The van der Waals surface area contributed by atoms with Crippen LogP contribution in [0.4, 0.5) is 0 Å². The second-order valence-electron chi connectivity index (χ2n) is 4.77. The SMILES string of the molecule is CCCNC(C)c1csc(C(C)(CC)OCC)n1. The molecule has 1 rings (SSSR count). The molecule has 0 aromatic carbocycles. The Labute approximate surface area is 115 Å². The van der Waals surface area contributed by atoms with Crippen LogP contribution < -0.4 is 5.32 Å². The van der Waals surface area contributed by atoms with Gasteiger partial charge in [0.2, 0.25) is 0 Å². The van der Waals surface area contributed by atoms with Crippen LogP contribution in [-0.2, 0) is 10.3 Å². The first-order valence-electron chi connectivity index (χ1n) is 6.90. The highest BCUT2D eigenvalue weighted by molar-refractivity contribution is 7.09. The first-order valence-corrected chi connectivity index (χ1v) is 7.78. The van der Waals surface area contributed by atoms with Crippen molar-refractivity contribution in [2.24, 2.45) is 0 Å². The van der Waals surface area contributed by atoms with Gasteiger partial charge in [0.15, 0.2) is 0 Å². The van der Waals surface area contributed by atoms with Crippen molar-refractivity contribution in [1.82, 2.24) is 10.3 Å². The molecule has 1 aromatic heterocycles. The van der Waals surface area contributed by atoms with Crippen molar-refractivity contribution in [3.05, 3.63) is 16.1 Å². The summed E-state index contributed by atoms with van der Waals surface area (Å²) in [5, 5.41) is 6.70. The van der Waals surface area contributed by atoms with Crippen molar-refractivity contribution in [3.8, 4) is 0 Å². The minimum absolute atomic E-state index is 0.234. The molecule has 0 saturated carbocycles. The third-order valence-electron chi connectivity index (χ3n) is 3.26. The van der Waals surface area contributed by atoms with Crippen LogP contribution in [0.25, 0.3) is 0 Å². The summed E-state index contributed by atoms with van der Waals surface area (Å²) in [7, 11) is 0. The van der Waals surface area contributed by atoms with E-state index in [0.717, 1.165) is 36.7 Å². The zero-order valence-electron chi connectivity index (χ0n) is 12.2. The van der Waals surface area contributed by atoms with Gasteiger partial charge >= 0.3 is 0 Å². The van der Waals surface area contributed by atoms with E-state index in [4.69, 9.17) is 9.72 Å². The summed E-state index contributed by atoms with van der Waals surface area (Å²) in [5.41, 5.74) is 0.894. The van der Waals surface area contributed by atoms with Crippen LogP contribution in [0, 0.1) is 0 Å². The molecule has 2 unspecified atom stereocenters. The zero-order chi connectivity index (χ0) is 13.6. The molecular weight excluding hydrogens is 244 g/mol. The summed E-state index contributed by atoms with van der Waals surface area (Å²) in [6.45, 7) is 12.4. The maximum absolute atomic E-state index is 5.87. The molecular formula is C14H26N2OS. The number of nitrogens with one attached hydrogen (secondary N) is 1. The third kappa shape index (κ3) is 3.77. The highest BCUT2D eigenvalue weighted by atomic mass is 32.1. The van der Waals surface area contributed by atoms with Crippen molar-refractivity contribution in [3.63, 3.8) is 0 Å².